The molecule has 2 aliphatic rings. The molecule has 3 N–H and O–H groups in total. The molecule has 2 saturated carbocycles. The van der Waals surface area contributed by atoms with Crippen LogP contribution < -0.4 is 11.3 Å². The van der Waals surface area contributed by atoms with Gasteiger partial charge >= 0.3 is 0 Å². The molecule has 110 valence electrons. The monoisotopic (exact) mass is 312 g/mol. The van der Waals surface area contributed by atoms with Crippen molar-refractivity contribution in [1.29, 1.82) is 0 Å². The number of nitrogens with one attached hydrogen (secondary N) is 1. The molecule has 0 radical (unpaired) electrons. The van der Waals surface area contributed by atoms with Crippen molar-refractivity contribution in [3.05, 3.63) is 33.8 Å². The quantitative estimate of drug-likeness (QED) is 0.632. The zero-order valence-corrected chi connectivity index (χ0v) is 13.1. The van der Waals surface area contributed by atoms with Crippen molar-refractivity contribution in [3.8, 4) is 0 Å². The summed E-state index contributed by atoms with van der Waals surface area (Å²) in [6, 6.07) is 6.02. The van der Waals surface area contributed by atoms with Gasteiger partial charge in [0.15, 0.2) is 0 Å². The van der Waals surface area contributed by atoms with Crippen LogP contribution in [-0.2, 0) is 6.42 Å². The minimum absolute atomic E-state index is 0.304. The highest BCUT2D eigenvalue weighted by Gasteiger charge is 2.39. The fraction of sp³-hybridized carbons (Fsp3) is 0.625. The molecule has 2 bridgehead atoms. The van der Waals surface area contributed by atoms with Gasteiger partial charge in [-0.2, -0.15) is 0 Å². The number of hydrogen-bond donors (Lipinski definition) is 2. The smallest absolute Gasteiger partial charge is 0.0453 e. The molecular formula is C16H22Cl2N2. The van der Waals surface area contributed by atoms with Gasteiger partial charge in [-0.15, -0.1) is 0 Å². The summed E-state index contributed by atoms with van der Waals surface area (Å²) in [7, 11) is 0. The summed E-state index contributed by atoms with van der Waals surface area (Å²) in [6.45, 7) is 0. The van der Waals surface area contributed by atoms with Crippen molar-refractivity contribution in [2.75, 3.05) is 0 Å². The summed E-state index contributed by atoms with van der Waals surface area (Å²) < 4.78 is 0. The molecule has 2 nitrogen and oxygen atoms in total. The highest BCUT2D eigenvalue weighted by molar-refractivity contribution is 6.35. The van der Waals surface area contributed by atoms with Crippen LogP contribution in [0.25, 0.3) is 0 Å². The Morgan fingerprint density at radius 3 is 2.70 bits per heavy atom. The predicted octanol–water partition coefficient (Wildman–Crippen LogP) is 4.19. The molecule has 0 amide bonds. The molecule has 0 saturated heterocycles. The third kappa shape index (κ3) is 3.14. The van der Waals surface area contributed by atoms with Gasteiger partial charge in [-0.1, -0.05) is 35.7 Å². The maximum atomic E-state index is 6.26. The van der Waals surface area contributed by atoms with E-state index in [9.17, 15) is 0 Å². The molecule has 0 heterocycles. The van der Waals surface area contributed by atoms with Crippen molar-refractivity contribution in [2.45, 2.75) is 44.6 Å². The van der Waals surface area contributed by atoms with Crippen molar-refractivity contribution in [1.82, 2.24) is 5.43 Å². The van der Waals surface area contributed by atoms with Crippen LogP contribution in [0.3, 0.4) is 0 Å². The molecule has 2 aliphatic carbocycles. The standard InChI is InChI=1S/C16H22Cl2N2/c17-14-4-3-12(16(18)9-14)7-15(20-19)8-13-6-10-1-2-11(13)5-10/h3-4,9-11,13,15,20H,1-2,5-8,19H2. The van der Waals surface area contributed by atoms with Gasteiger partial charge in [-0.05, 0) is 67.6 Å². The van der Waals surface area contributed by atoms with E-state index in [1.54, 1.807) is 0 Å². The van der Waals surface area contributed by atoms with E-state index in [1.165, 1.54) is 25.7 Å². The van der Waals surface area contributed by atoms with Gasteiger partial charge in [0.2, 0.25) is 0 Å². The molecule has 1 aromatic rings. The normalized spacial score (nSPS) is 29.9. The van der Waals surface area contributed by atoms with E-state index in [0.29, 0.717) is 11.1 Å². The van der Waals surface area contributed by atoms with Crippen LogP contribution in [-0.4, -0.2) is 6.04 Å². The van der Waals surface area contributed by atoms with Crippen molar-refractivity contribution in [3.63, 3.8) is 0 Å². The third-order valence-electron chi connectivity index (χ3n) is 5.19. The Labute approximate surface area is 131 Å². The Morgan fingerprint density at radius 1 is 1.25 bits per heavy atom. The Morgan fingerprint density at radius 2 is 2.10 bits per heavy atom. The van der Waals surface area contributed by atoms with Crippen LogP contribution in [0.15, 0.2) is 18.2 Å². The van der Waals surface area contributed by atoms with Crippen LogP contribution in [0.4, 0.5) is 0 Å². The Balaban J connectivity index is 1.62. The van der Waals surface area contributed by atoms with Crippen LogP contribution in [0.1, 0.15) is 37.7 Å². The molecule has 2 fully saturated rings. The first-order chi connectivity index (χ1) is 9.65. The summed E-state index contributed by atoms with van der Waals surface area (Å²) in [5.41, 5.74) is 4.11. The Hall–Kier alpha value is -0.280. The van der Waals surface area contributed by atoms with E-state index in [4.69, 9.17) is 29.0 Å². The third-order valence-corrected chi connectivity index (χ3v) is 5.78. The molecule has 4 unspecified atom stereocenters. The van der Waals surface area contributed by atoms with E-state index in [2.05, 4.69) is 5.43 Å². The average Bonchev–Trinajstić information content (AvgIpc) is 3.03. The first kappa shape index (κ1) is 14.6. The van der Waals surface area contributed by atoms with E-state index in [1.807, 2.05) is 18.2 Å². The number of fused-ring (bicyclic) bond motifs is 2. The molecule has 4 atom stereocenters. The molecular weight excluding hydrogens is 291 g/mol. The molecule has 0 spiro atoms. The first-order valence-electron chi connectivity index (χ1n) is 7.55. The van der Waals surface area contributed by atoms with Gasteiger partial charge in [-0.3, -0.25) is 11.3 Å². The number of hydrogen-bond acceptors (Lipinski definition) is 2. The number of hydrazine groups is 1. The largest absolute Gasteiger partial charge is 0.271 e. The number of nitrogens with two attached hydrogens (primary N) is 1. The van der Waals surface area contributed by atoms with Crippen LogP contribution in [0.2, 0.25) is 10.0 Å². The van der Waals surface area contributed by atoms with Gasteiger partial charge in [0, 0.05) is 16.1 Å². The lowest BCUT2D eigenvalue weighted by Crippen LogP contribution is -2.39. The second-order valence-electron chi connectivity index (χ2n) is 6.47. The highest BCUT2D eigenvalue weighted by Crippen LogP contribution is 2.50. The van der Waals surface area contributed by atoms with Crippen LogP contribution in [0, 0.1) is 17.8 Å². The Bertz CT molecular complexity index is 478. The van der Waals surface area contributed by atoms with Gasteiger partial charge in [-0.25, -0.2) is 0 Å². The van der Waals surface area contributed by atoms with Gasteiger partial charge in [0.1, 0.15) is 0 Å². The van der Waals surface area contributed by atoms with E-state index < -0.39 is 0 Å². The zero-order chi connectivity index (χ0) is 14.1. The maximum Gasteiger partial charge on any atom is 0.0453 e. The fourth-order valence-corrected chi connectivity index (χ4v) is 4.68. The summed E-state index contributed by atoms with van der Waals surface area (Å²) in [5, 5.41) is 1.43. The van der Waals surface area contributed by atoms with Crippen molar-refractivity contribution >= 4 is 23.2 Å². The SMILES string of the molecule is NNC(Cc1ccc(Cl)cc1Cl)CC1CC2CCC1C2. The number of halogens is 2. The summed E-state index contributed by atoms with van der Waals surface area (Å²) in [5.74, 6) is 8.54. The van der Waals surface area contributed by atoms with E-state index in [-0.39, 0.29) is 0 Å². The van der Waals surface area contributed by atoms with E-state index in [0.717, 1.165) is 41.2 Å². The minimum Gasteiger partial charge on any atom is -0.271 e. The zero-order valence-electron chi connectivity index (χ0n) is 11.6. The fourth-order valence-electron chi connectivity index (χ4n) is 4.19. The number of benzene rings is 1. The first-order valence-corrected chi connectivity index (χ1v) is 8.31. The van der Waals surface area contributed by atoms with E-state index >= 15 is 0 Å². The minimum atomic E-state index is 0.304. The predicted molar refractivity (Wildman–Crippen MR) is 84.8 cm³/mol. The average molecular weight is 313 g/mol. The van der Waals surface area contributed by atoms with Gasteiger partial charge in [0.25, 0.3) is 0 Å². The molecule has 1 aromatic carbocycles. The summed E-state index contributed by atoms with van der Waals surface area (Å²) in [6.07, 6.45) is 7.76. The topological polar surface area (TPSA) is 38.0 Å². The van der Waals surface area contributed by atoms with Crippen LogP contribution >= 0.6 is 23.2 Å². The second kappa shape index (κ2) is 6.23. The molecule has 0 aliphatic heterocycles. The molecule has 20 heavy (non-hydrogen) atoms. The van der Waals surface area contributed by atoms with Gasteiger partial charge < -0.3 is 0 Å². The van der Waals surface area contributed by atoms with Crippen molar-refractivity contribution < 1.29 is 0 Å². The lowest BCUT2D eigenvalue weighted by Gasteiger charge is -2.26. The number of rotatable bonds is 5. The van der Waals surface area contributed by atoms with Crippen LogP contribution in [0.5, 0.6) is 0 Å². The summed E-state index contributed by atoms with van der Waals surface area (Å²) >= 11 is 12.2. The van der Waals surface area contributed by atoms with Gasteiger partial charge in [0.05, 0.1) is 0 Å². The molecule has 0 aromatic heterocycles. The lowest BCUT2D eigenvalue weighted by atomic mass is 9.83. The lowest BCUT2D eigenvalue weighted by molar-refractivity contribution is 0.277. The molecule has 3 rings (SSSR count). The van der Waals surface area contributed by atoms with Crippen molar-refractivity contribution in [2.24, 2.45) is 23.6 Å². The molecule has 4 heteroatoms. The maximum absolute atomic E-state index is 6.26. The highest BCUT2D eigenvalue weighted by atomic mass is 35.5. The summed E-state index contributed by atoms with van der Waals surface area (Å²) in [4.78, 5) is 0. The Kier molecular flexibility index (Phi) is 4.56. The second-order valence-corrected chi connectivity index (χ2v) is 7.32.